The Balaban J connectivity index is 2.78. The molecule has 2 radical (unpaired) electrons. The predicted octanol–water partition coefficient (Wildman–Crippen LogP) is 4.20. The fourth-order valence-electron chi connectivity index (χ4n) is 1.59. The molecule has 0 aromatic rings. The highest BCUT2D eigenvalue weighted by molar-refractivity contribution is 6.24. The Labute approximate surface area is 92.6 Å². The average molecular weight is 214 g/mol. The van der Waals surface area contributed by atoms with E-state index in [-0.39, 0.29) is 0 Å². The van der Waals surface area contributed by atoms with E-state index in [0.29, 0.717) is 9.76 Å². The second-order valence-electron chi connectivity index (χ2n) is 3.88. The van der Waals surface area contributed by atoms with Crippen LogP contribution in [0.1, 0.15) is 64.7 Å². The second kappa shape index (κ2) is 13.2. The molecular formula is C12H26OSi. The Morgan fingerprint density at radius 3 is 1.79 bits per heavy atom. The molecule has 0 N–H and O–H groups in total. The van der Waals surface area contributed by atoms with Gasteiger partial charge < -0.3 is 4.43 Å². The van der Waals surface area contributed by atoms with Gasteiger partial charge in [-0.3, -0.25) is 0 Å². The van der Waals surface area contributed by atoms with Crippen molar-refractivity contribution in [2.45, 2.75) is 71.3 Å². The maximum atomic E-state index is 5.32. The molecular weight excluding hydrogens is 188 g/mol. The average Bonchev–Trinajstić information content (AvgIpc) is 2.21. The van der Waals surface area contributed by atoms with Crippen LogP contribution in [0.15, 0.2) is 0 Å². The number of rotatable bonds is 11. The van der Waals surface area contributed by atoms with Crippen LogP contribution in [0.5, 0.6) is 0 Å². The minimum absolute atomic E-state index is 0.670. The van der Waals surface area contributed by atoms with E-state index in [9.17, 15) is 0 Å². The summed E-state index contributed by atoms with van der Waals surface area (Å²) in [4.78, 5) is 0. The second-order valence-corrected chi connectivity index (χ2v) is 4.58. The summed E-state index contributed by atoms with van der Waals surface area (Å²) in [6, 6.07) is 0. The van der Waals surface area contributed by atoms with E-state index in [4.69, 9.17) is 4.43 Å². The fraction of sp³-hybridized carbons (Fsp3) is 1.00. The molecule has 0 amide bonds. The van der Waals surface area contributed by atoms with Crippen LogP contribution in [0.2, 0.25) is 6.55 Å². The summed E-state index contributed by atoms with van der Waals surface area (Å²) in [6.07, 6.45) is 12.6. The van der Waals surface area contributed by atoms with Crippen LogP contribution in [0.3, 0.4) is 0 Å². The van der Waals surface area contributed by atoms with Crippen molar-refractivity contribution in [1.29, 1.82) is 0 Å². The first-order valence-electron chi connectivity index (χ1n) is 6.20. The highest BCUT2D eigenvalue weighted by atomic mass is 28.2. The van der Waals surface area contributed by atoms with Crippen LogP contribution in [0.4, 0.5) is 0 Å². The monoisotopic (exact) mass is 214 g/mol. The third-order valence-corrected chi connectivity index (χ3v) is 2.99. The van der Waals surface area contributed by atoms with Gasteiger partial charge in [0, 0.05) is 6.61 Å². The molecule has 0 spiro atoms. The minimum atomic E-state index is 0.670. The maximum Gasteiger partial charge on any atom is 0.226 e. The van der Waals surface area contributed by atoms with Crippen LogP contribution >= 0.6 is 0 Å². The number of hydrogen-bond donors (Lipinski definition) is 0. The van der Waals surface area contributed by atoms with Gasteiger partial charge in [0.05, 0.1) is 0 Å². The highest BCUT2D eigenvalue weighted by Gasteiger charge is 1.91. The van der Waals surface area contributed by atoms with Crippen LogP contribution < -0.4 is 0 Å². The molecule has 0 fully saturated rings. The van der Waals surface area contributed by atoms with Gasteiger partial charge in [0.15, 0.2) is 0 Å². The maximum absolute atomic E-state index is 5.32. The first kappa shape index (κ1) is 14.2. The van der Waals surface area contributed by atoms with Crippen molar-refractivity contribution in [2.24, 2.45) is 0 Å². The van der Waals surface area contributed by atoms with Gasteiger partial charge in [0.1, 0.15) is 0 Å². The molecule has 1 nitrogen and oxygen atoms in total. The molecule has 84 valence electrons. The van der Waals surface area contributed by atoms with Crippen molar-refractivity contribution < 1.29 is 4.43 Å². The van der Waals surface area contributed by atoms with Crippen molar-refractivity contribution in [3.63, 3.8) is 0 Å². The van der Waals surface area contributed by atoms with Gasteiger partial charge in [-0.15, -0.1) is 0 Å². The van der Waals surface area contributed by atoms with Gasteiger partial charge in [-0.25, -0.2) is 0 Å². The zero-order valence-corrected chi connectivity index (χ0v) is 11.0. The lowest BCUT2D eigenvalue weighted by atomic mass is 10.1. The Morgan fingerprint density at radius 2 is 1.29 bits per heavy atom. The molecule has 0 heterocycles. The van der Waals surface area contributed by atoms with Crippen LogP contribution in [0, 0.1) is 0 Å². The third kappa shape index (κ3) is 12.2. The number of unbranched alkanes of at least 4 members (excludes halogenated alkanes) is 8. The third-order valence-electron chi connectivity index (χ3n) is 2.49. The molecule has 0 aliphatic rings. The van der Waals surface area contributed by atoms with Gasteiger partial charge in [0.2, 0.25) is 9.76 Å². The highest BCUT2D eigenvalue weighted by Crippen LogP contribution is 2.09. The zero-order valence-electron chi connectivity index (χ0n) is 9.98. The van der Waals surface area contributed by atoms with Gasteiger partial charge in [-0.05, 0) is 13.0 Å². The number of hydrogen-bond acceptors (Lipinski definition) is 1. The molecule has 0 unspecified atom stereocenters. The molecule has 14 heavy (non-hydrogen) atoms. The quantitative estimate of drug-likeness (QED) is 0.370. The van der Waals surface area contributed by atoms with Crippen LogP contribution in [-0.4, -0.2) is 16.4 Å². The van der Waals surface area contributed by atoms with E-state index in [2.05, 4.69) is 13.5 Å². The van der Waals surface area contributed by atoms with E-state index < -0.39 is 0 Å². The lowest BCUT2D eigenvalue weighted by Gasteiger charge is -2.02. The summed E-state index contributed by atoms with van der Waals surface area (Å²) in [5.74, 6) is 0. The molecule has 2 heteroatoms. The van der Waals surface area contributed by atoms with Gasteiger partial charge >= 0.3 is 0 Å². The lowest BCUT2D eigenvalue weighted by molar-refractivity contribution is 0.323. The van der Waals surface area contributed by atoms with Crippen LogP contribution in [0.25, 0.3) is 0 Å². The Kier molecular flexibility index (Phi) is 13.3. The lowest BCUT2D eigenvalue weighted by Crippen LogP contribution is -1.95. The van der Waals surface area contributed by atoms with Crippen LogP contribution in [-0.2, 0) is 4.43 Å². The van der Waals surface area contributed by atoms with Crippen molar-refractivity contribution in [2.75, 3.05) is 6.61 Å². The largest absolute Gasteiger partial charge is 0.418 e. The smallest absolute Gasteiger partial charge is 0.226 e. The predicted molar refractivity (Wildman–Crippen MR) is 64.8 cm³/mol. The molecule has 0 aromatic carbocycles. The zero-order chi connectivity index (χ0) is 10.5. The van der Waals surface area contributed by atoms with Crippen molar-refractivity contribution in [3.8, 4) is 0 Å². The van der Waals surface area contributed by atoms with Crippen molar-refractivity contribution in [1.82, 2.24) is 0 Å². The summed E-state index contributed by atoms with van der Waals surface area (Å²) in [5.41, 5.74) is 0. The summed E-state index contributed by atoms with van der Waals surface area (Å²) in [6.45, 7) is 5.34. The van der Waals surface area contributed by atoms with E-state index in [1.54, 1.807) is 0 Å². The standard InChI is InChI=1S/C12H26OSi/c1-3-4-5-6-7-8-9-10-11-12-13-14-2/h3-12H2,1-2H3. The Hall–Kier alpha value is 0.177. The molecule has 0 bridgehead atoms. The van der Waals surface area contributed by atoms with Gasteiger partial charge in [0.25, 0.3) is 0 Å². The molecule has 0 rings (SSSR count). The molecule has 0 aliphatic heterocycles. The molecule has 0 aliphatic carbocycles. The van der Waals surface area contributed by atoms with Crippen molar-refractivity contribution >= 4 is 9.76 Å². The summed E-state index contributed by atoms with van der Waals surface area (Å²) >= 11 is 0. The Morgan fingerprint density at radius 1 is 0.786 bits per heavy atom. The van der Waals surface area contributed by atoms with E-state index in [1.165, 1.54) is 57.8 Å². The molecule has 0 aromatic heterocycles. The summed E-state index contributed by atoms with van der Waals surface area (Å²) in [5, 5.41) is 0. The summed E-state index contributed by atoms with van der Waals surface area (Å²) in [7, 11) is 0.670. The first-order chi connectivity index (χ1) is 6.91. The normalized spacial score (nSPS) is 10.7. The SMILES string of the molecule is CCCCCCCCCCCO[Si]C. The van der Waals surface area contributed by atoms with E-state index in [1.807, 2.05) is 0 Å². The van der Waals surface area contributed by atoms with E-state index >= 15 is 0 Å². The molecule has 0 saturated heterocycles. The van der Waals surface area contributed by atoms with E-state index in [0.717, 1.165) is 6.61 Å². The summed E-state index contributed by atoms with van der Waals surface area (Å²) < 4.78 is 5.32. The Bertz CT molecular complexity index is 84.3. The fourth-order valence-corrected chi connectivity index (χ4v) is 1.94. The first-order valence-corrected chi connectivity index (χ1v) is 7.61. The van der Waals surface area contributed by atoms with Crippen molar-refractivity contribution in [3.05, 3.63) is 0 Å². The van der Waals surface area contributed by atoms with Gasteiger partial charge in [-0.1, -0.05) is 58.3 Å². The minimum Gasteiger partial charge on any atom is -0.418 e. The topological polar surface area (TPSA) is 9.23 Å². The molecule has 0 atom stereocenters. The molecule has 0 saturated carbocycles. The van der Waals surface area contributed by atoms with Gasteiger partial charge in [-0.2, -0.15) is 0 Å².